The molecular formula is C26H32N2OS. The lowest BCUT2D eigenvalue weighted by Gasteiger charge is -2.59. The van der Waals surface area contributed by atoms with E-state index < -0.39 is 0 Å². The molecular weight excluding hydrogens is 388 g/mol. The zero-order valence-corrected chi connectivity index (χ0v) is 18.9. The lowest BCUT2D eigenvalue weighted by atomic mass is 9.46. The number of thiazole rings is 1. The van der Waals surface area contributed by atoms with Gasteiger partial charge in [0.05, 0.1) is 5.69 Å². The zero-order valence-electron chi connectivity index (χ0n) is 18.1. The zero-order chi connectivity index (χ0) is 20.5. The van der Waals surface area contributed by atoms with E-state index in [1.807, 2.05) is 11.3 Å². The van der Waals surface area contributed by atoms with Crippen molar-refractivity contribution in [2.75, 3.05) is 5.32 Å². The maximum Gasteiger partial charge on any atom is 0.187 e. The molecule has 30 heavy (non-hydrogen) atoms. The highest BCUT2D eigenvalue weighted by Crippen LogP contribution is 2.67. The summed E-state index contributed by atoms with van der Waals surface area (Å²) in [6.07, 6.45) is 9.30. The van der Waals surface area contributed by atoms with Crippen LogP contribution in [0.5, 0.6) is 0 Å². The van der Waals surface area contributed by atoms with Crippen molar-refractivity contribution in [2.24, 2.45) is 28.6 Å². The van der Waals surface area contributed by atoms with Crippen LogP contribution in [0.15, 0.2) is 30.3 Å². The molecule has 4 aliphatic carbocycles. The minimum atomic E-state index is -0.0124. The molecule has 6 rings (SSSR count). The minimum Gasteiger partial charge on any atom is -0.332 e. The lowest BCUT2D eigenvalue weighted by molar-refractivity contribution is -0.134. The van der Waals surface area contributed by atoms with Crippen LogP contribution in [0.4, 0.5) is 10.8 Å². The second kappa shape index (κ2) is 6.66. The van der Waals surface area contributed by atoms with Gasteiger partial charge in [-0.25, -0.2) is 4.98 Å². The van der Waals surface area contributed by atoms with Crippen molar-refractivity contribution in [1.82, 2.24) is 4.98 Å². The summed E-state index contributed by atoms with van der Waals surface area (Å²) < 4.78 is 0. The van der Waals surface area contributed by atoms with Gasteiger partial charge in [-0.15, -0.1) is 11.3 Å². The predicted octanol–water partition coefficient (Wildman–Crippen LogP) is 6.73. The molecule has 0 bridgehead atoms. The molecule has 3 saturated carbocycles. The number of benzene rings is 1. The van der Waals surface area contributed by atoms with Gasteiger partial charge >= 0.3 is 0 Å². The first-order chi connectivity index (χ1) is 14.5. The summed E-state index contributed by atoms with van der Waals surface area (Å²) in [6.45, 7) is 4.88. The van der Waals surface area contributed by atoms with E-state index in [9.17, 15) is 4.79 Å². The fraction of sp³-hybridized carbons (Fsp3) is 0.615. The van der Waals surface area contributed by atoms with Crippen LogP contribution in [0.3, 0.4) is 0 Å². The van der Waals surface area contributed by atoms with Crippen molar-refractivity contribution in [2.45, 2.75) is 71.1 Å². The number of aromatic nitrogens is 1. The molecule has 0 saturated heterocycles. The largest absolute Gasteiger partial charge is 0.332 e. The number of nitrogens with one attached hydrogen (secondary N) is 1. The highest BCUT2D eigenvalue weighted by Gasteiger charge is 2.60. The van der Waals surface area contributed by atoms with Crippen molar-refractivity contribution in [3.05, 3.63) is 40.9 Å². The quantitative estimate of drug-likeness (QED) is 0.586. The van der Waals surface area contributed by atoms with Crippen molar-refractivity contribution in [3.8, 4) is 0 Å². The fourth-order valence-corrected chi connectivity index (χ4v) is 9.25. The van der Waals surface area contributed by atoms with Crippen molar-refractivity contribution in [3.63, 3.8) is 0 Å². The first-order valence-electron chi connectivity index (χ1n) is 11.8. The van der Waals surface area contributed by atoms with Crippen LogP contribution in [-0.4, -0.2) is 10.8 Å². The van der Waals surface area contributed by atoms with Crippen LogP contribution in [0, 0.1) is 28.6 Å². The number of anilines is 2. The van der Waals surface area contributed by atoms with E-state index in [1.54, 1.807) is 4.88 Å². The molecule has 1 aromatic heterocycles. The number of aryl methyl sites for hydroxylation is 1. The van der Waals surface area contributed by atoms with Crippen LogP contribution < -0.4 is 5.32 Å². The maximum absolute atomic E-state index is 12.7. The number of carbonyl (C=O) groups is 1. The van der Waals surface area contributed by atoms with Gasteiger partial charge in [-0.2, -0.15) is 0 Å². The molecule has 0 amide bonds. The van der Waals surface area contributed by atoms with E-state index in [1.165, 1.54) is 31.4 Å². The Balaban J connectivity index is 1.30. The van der Waals surface area contributed by atoms with E-state index in [2.05, 4.69) is 49.5 Å². The fourth-order valence-electron chi connectivity index (χ4n) is 7.92. The first-order valence-corrected chi connectivity index (χ1v) is 12.7. The van der Waals surface area contributed by atoms with Crippen LogP contribution in [0.1, 0.15) is 75.3 Å². The number of fused-ring (bicyclic) bond motifs is 7. The molecule has 3 nitrogen and oxygen atoms in total. The molecule has 1 unspecified atom stereocenters. The van der Waals surface area contributed by atoms with E-state index in [0.717, 1.165) is 48.3 Å². The number of ketones is 1. The summed E-state index contributed by atoms with van der Waals surface area (Å²) in [5.41, 5.74) is 2.82. The van der Waals surface area contributed by atoms with Gasteiger partial charge in [-0.1, -0.05) is 32.0 Å². The summed E-state index contributed by atoms with van der Waals surface area (Å²) in [6, 6.07) is 10.4. The van der Waals surface area contributed by atoms with Crippen LogP contribution >= 0.6 is 11.3 Å². The summed E-state index contributed by atoms with van der Waals surface area (Å²) in [4.78, 5) is 19.2. The third kappa shape index (κ3) is 2.62. The SMILES string of the molecule is C[C@]12CCc3nc(Nc4ccccc4)sc3C1CC[C@@H]1[C@@H]2CC[C@]2(C)C(=O)CC[C@@H]12. The Kier molecular flexibility index (Phi) is 4.22. The molecule has 1 aromatic carbocycles. The minimum absolute atomic E-state index is 0.0124. The van der Waals surface area contributed by atoms with Crippen LogP contribution in [0.25, 0.3) is 0 Å². The molecule has 1 heterocycles. The second-order valence-corrected chi connectivity index (χ2v) is 11.8. The number of para-hydroxylation sites is 1. The van der Waals surface area contributed by atoms with Crippen molar-refractivity contribution >= 4 is 27.9 Å². The average Bonchev–Trinajstić information content (AvgIpc) is 3.28. The Morgan fingerprint density at radius 3 is 2.67 bits per heavy atom. The number of hydrogen-bond donors (Lipinski definition) is 1. The van der Waals surface area contributed by atoms with Crippen LogP contribution in [0.2, 0.25) is 0 Å². The summed E-state index contributed by atoms with van der Waals surface area (Å²) in [5.74, 6) is 3.38. The second-order valence-electron chi connectivity index (χ2n) is 10.8. The van der Waals surface area contributed by atoms with Gasteiger partial charge in [0.2, 0.25) is 0 Å². The van der Waals surface area contributed by atoms with Gasteiger partial charge in [0.1, 0.15) is 5.78 Å². The van der Waals surface area contributed by atoms with Gasteiger partial charge < -0.3 is 5.32 Å². The van der Waals surface area contributed by atoms with Gasteiger partial charge in [-0.3, -0.25) is 4.79 Å². The van der Waals surface area contributed by atoms with E-state index in [4.69, 9.17) is 4.98 Å². The van der Waals surface area contributed by atoms with E-state index >= 15 is 0 Å². The third-order valence-corrected chi connectivity index (χ3v) is 10.7. The standard InChI is InChI=1S/C26H32N2OS/c1-25-15-13-21-23(30-24(28-21)27-16-6-4-3-5-7-16)20(25)9-8-17-18-10-11-22(29)26(18,2)14-12-19(17)25/h3-7,17-20H,8-15H2,1-2H3,(H,27,28)/t17-,18-,19-,20?,25+,26-/m0/s1. The molecule has 4 aliphatic rings. The average molecular weight is 421 g/mol. The molecule has 6 atom stereocenters. The Morgan fingerprint density at radius 1 is 1.00 bits per heavy atom. The van der Waals surface area contributed by atoms with Crippen molar-refractivity contribution in [1.29, 1.82) is 0 Å². The number of nitrogens with zero attached hydrogens (tertiary/aromatic N) is 1. The molecule has 1 N–H and O–H groups in total. The first kappa shape index (κ1) is 19.0. The third-order valence-electron chi connectivity index (χ3n) is 9.55. The number of rotatable bonds is 2. The highest BCUT2D eigenvalue weighted by molar-refractivity contribution is 7.15. The summed E-state index contributed by atoms with van der Waals surface area (Å²) in [7, 11) is 0. The van der Waals surface area contributed by atoms with Crippen LogP contribution in [-0.2, 0) is 11.2 Å². The molecule has 2 aromatic rings. The topological polar surface area (TPSA) is 42.0 Å². The Labute approximate surface area is 183 Å². The monoisotopic (exact) mass is 420 g/mol. The highest BCUT2D eigenvalue weighted by atomic mass is 32.1. The Bertz CT molecular complexity index is 984. The summed E-state index contributed by atoms with van der Waals surface area (Å²) in [5, 5.41) is 4.59. The molecule has 158 valence electrons. The molecule has 0 radical (unpaired) electrons. The summed E-state index contributed by atoms with van der Waals surface area (Å²) >= 11 is 1.90. The van der Waals surface area contributed by atoms with Gasteiger partial charge in [-0.05, 0) is 80.2 Å². The molecule has 3 fully saturated rings. The van der Waals surface area contributed by atoms with Gasteiger partial charge in [0.15, 0.2) is 5.13 Å². The Morgan fingerprint density at radius 2 is 1.83 bits per heavy atom. The molecule has 4 heteroatoms. The maximum atomic E-state index is 12.7. The lowest BCUT2D eigenvalue weighted by Crippen LogP contribution is -2.52. The van der Waals surface area contributed by atoms with E-state index in [0.29, 0.717) is 23.0 Å². The number of hydrogen-bond acceptors (Lipinski definition) is 4. The normalized spacial score (nSPS) is 39.6. The number of Topliss-reactive ketones (excluding diaryl/α,β-unsaturated/α-hetero) is 1. The number of carbonyl (C=O) groups excluding carboxylic acids is 1. The van der Waals surface area contributed by atoms with Gasteiger partial charge in [0, 0.05) is 28.3 Å². The van der Waals surface area contributed by atoms with Crippen molar-refractivity contribution < 1.29 is 4.79 Å². The molecule has 0 spiro atoms. The molecule has 0 aliphatic heterocycles. The van der Waals surface area contributed by atoms with Gasteiger partial charge in [0.25, 0.3) is 0 Å². The Hall–Kier alpha value is -1.68. The smallest absolute Gasteiger partial charge is 0.187 e. The predicted molar refractivity (Wildman–Crippen MR) is 122 cm³/mol. The van der Waals surface area contributed by atoms with E-state index in [-0.39, 0.29) is 5.41 Å².